The first kappa shape index (κ1) is 13.7. The number of hydrogen-bond acceptors (Lipinski definition) is 5. The van der Waals surface area contributed by atoms with Gasteiger partial charge in [0.15, 0.2) is 0 Å². The van der Waals surface area contributed by atoms with Crippen LogP contribution < -0.4 is 10.6 Å². The predicted octanol–water partition coefficient (Wildman–Crippen LogP) is 1.67. The van der Waals surface area contributed by atoms with E-state index in [9.17, 15) is 4.79 Å². The Morgan fingerprint density at radius 1 is 1.42 bits per heavy atom. The first-order valence-corrected chi connectivity index (χ1v) is 6.61. The standard InChI is InChI=1S/C14H20N2O3/c1-2-19-14(17)11-4-5-13(12(15)10-11)16-6-3-8-18-9-7-16/h4-5,10H,2-3,6-9,15H2,1H3. The van der Waals surface area contributed by atoms with Gasteiger partial charge in [-0.2, -0.15) is 0 Å². The fourth-order valence-corrected chi connectivity index (χ4v) is 2.17. The smallest absolute Gasteiger partial charge is 0.338 e. The van der Waals surface area contributed by atoms with E-state index >= 15 is 0 Å². The van der Waals surface area contributed by atoms with E-state index < -0.39 is 0 Å². The van der Waals surface area contributed by atoms with Gasteiger partial charge in [0.2, 0.25) is 0 Å². The van der Waals surface area contributed by atoms with E-state index in [4.69, 9.17) is 15.2 Å². The minimum absolute atomic E-state index is 0.333. The monoisotopic (exact) mass is 264 g/mol. The number of carbonyl (C=O) groups is 1. The van der Waals surface area contributed by atoms with E-state index in [1.54, 1.807) is 19.1 Å². The summed E-state index contributed by atoms with van der Waals surface area (Å²) < 4.78 is 10.4. The van der Waals surface area contributed by atoms with Gasteiger partial charge in [0, 0.05) is 19.7 Å². The molecule has 0 radical (unpaired) electrons. The number of rotatable bonds is 3. The molecule has 5 nitrogen and oxygen atoms in total. The van der Waals surface area contributed by atoms with Crippen LogP contribution in [0.4, 0.5) is 11.4 Å². The summed E-state index contributed by atoms with van der Waals surface area (Å²) in [5.41, 5.74) is 8.10. The summed E-state index contributed by atoms with van der Waals surface area (Å²) >= 11 is 0. The van der Waals surface area contributed by atoms with Crippen molar-refractivity contribution >= 4 is 17.3 Å². The number of nitrogen functional groups attached to an aromatic ring is 1. The summed E-state index contributed by atoms with van der Waals surface area (Å²) in [6.45, 7) is 5.39. The van der Waals surface area contributed by atoms with Crippen molar-refractivity contribution in [2.75, 3.05) is 43.5 Å². The molecule has 2 N–H and O–H groups in total. The number of carbonyl (C=O) groups excluding carboxylic acids is 1. The van der Waals surface area contributed by atoms with Gasteiger partial charge in [-0.1, -0.05) is 0 Å². The van der Waals surface area contributed by atoms with Crippen LogP contribution in [0.3, 0.4) is 0 Å². The van der Waals surface area contributed by atoms with Crippen LogP contribution in [0.1, 0.15) is 23.7 Å². The zero-order chi connectivity index (χ0) is 13.7. The highest BCUT2D eigenvalue weighted by molar-refractivity contribution is 5.92. The summed E-state index contributed by atoms with van der Waals surface area (Å²) in [6.07, 6.45) is 0.985. The van der Waals surface area contributed by atoms with Gasteiger partial charge in [0.25, 0.3) is 0 Å². The maximum atomic E-state index is 11.6. The van der Waals surface area contributed by atoms with Gasteiger partial charge in [-0.05, 0) is 31.5 Å². The lowest BCUT2D eigenvalue weighted by molar-refractivity contribution is 0.0526. The summed E-state index contributed by atoms with van der Waals surface area (Å²) in [7, 11) is 0. The number of hydrogen-bond donors (Lipinski definition) is 1. The molecule has 2 rings (SSSR count). The number of nitrogens with two attached hydrogens (primary N) is 1. The zero-order valence-corrected chi connectivity index (χ0v) is 11.2. The molecular weight excluding hydrogens is 244 g/mol. The van der Waals surface area contributed by atoms with Crippen LogP contribution in [0.25, 0.3) is 0 Å². The average Bonchev–Trinajstić information content (AvgIpc) is 2.67. The maximum absolute atomic E-state index is 11.6. The fraction of sp³-hybridized carbons (Fsp3) is 0.500. The molecule has 1 aromatic carbocycles. The van der Waals surface area contributed by atoms with Gasteiger partial charge in [-0.3, -0.25) is 0 Å². The summed E-state index contributed by atoms with van der Waals surface area (Å²) in [4.78, 5) is 13.8. The van der Waals surface area contributed by atoms with Gasteiger partial charge in [0.1, 0.15) is 0 Å². The van der Waals surface area contributed by atoms with Gasteiger partial charge in [-0.25, -0.2) is 4.79 Å². The van der Waals surface area contributed by atoms with Gasteiger partial charge < -0.3 is 20.1 Å². The lowest BCUT2D eigenvalue weighted by Gasteiger charge is -2.23. The van der Waals surface area contributed by atoms with Crippen LogP contribution in [0.15, 0.2) is 18.2 Å². The molecule has 0 atom stereocenters. The van der Waals surface area contributed by atoms with E-state index in [0.29, 0.717) is 24.5 Å². The highest BCUT2D eigenvalue weighted by atomic mass is 16.5. The minimum Gasteiger partial charge on any atom is -0.462 e. The van der Waals surface area contributed by atoms with Gasteiger partial charge in [-0.15, -0.1) is 0 Å². The lowest BCUT2D eigenvalue weighted by Crippen LogP contribution is -2.26. The lowest BCUT2D eigenvalue weighted by atomic mass is 10.1. The van der Waals surface area contributed by atoms with E-state index in [0.717, 1.165) is 31.8 Å². The van der Waals surface area contributed by atoms with E-state index in [1.807, 2.05) is 6.07 Å². The molecule has 1 saturated heterocycles. The molecule has 1 aliphatic heterocycles. The third kappa shape index (κ3) is 3.38. The SMILES string of the molecule is CCOC(=O)c1ccc(N2CCCOCC2)c(N)c1. The first-order chi connectivity index (χ1) is 9.22. The second-order valence-electron chi connectivity index (χ2n) is 4.45. The van der Waals surface area contributed by atoms with E-state index in [1.165, 1.54) is 0 Å². The van der Waals surface area contributed by atoms with Crippen molar-refractivity contribution in [2.24, 2.45) is 0 Å². The summed E-state index contributed by atoms with van der Waals surface area (Å²) in [5.74, 6) is -0.333. The molecule has 19 heavy (non-hydrogen) atoms. The van der Waals surface area contributed by atoms with Crippen molar-refractivity contribution in [3.63, 3.8) is 0 Å². The molecule has 0 aliphatic carbocycles. The molecule has 0 amide bonds. The Balaban J connectivity index is 2.16. The number of esters is 1. The molecule has 104 valence electrons. The van der Waals surface area contributed by atoms with Crippen molar-refractivity contribution in [3.8, 4) is 0 Å². The molecule has 5 heteroatoms. The highest BCUT2D eigenvalue weighted by Crippen LogP contribution is 2.25. The Hall–Kier alpha value is -1.75. The zero-order valence-electron chi connectivity index (χ0n) is 11.2. The molecule has 0 saturated carbocycles. The molecular formula is C14H20N2O3. The summed E-state index contributed by atoms with van der Waals surface area (Å²) in [6, 6.07) is 5.32. The Bertz CT molecular complexity index is 440. The molecule has 0 bridgehead atoms. The largest absolute Gasteiger partial charge is 0.462 e. The van der Waals surface area contributed by atoms with Crippen LogP contribution in [0.5, 0.6) is 0 Å². The summed E-state index contributed by atoms with van der Waals surface area (Å²) in [5, 5.41) is 0. The van der Waals surface area contributed by atoms with Crippen molar-refractivity contribution in [2.45, 2.75) is 13.3 Å². The van der Waals surface area contributed by atoms with Crippen LogP contribution >= 0.6 is 0 Å². The molecule has 1 fully saturated rings. The molecule has 1 aliphatic rings. The number of benzene rings is 1. The predicted molar refractivity (Wildman–Crippen MR) is 74.5 cm³/mol. The Morgan fingerprint density at radius 3 is 3.00 bits per heavy atom. The Labute approximate surface area is 113 Å². The van der Waals surface area contributed by atoms with Crippen molar-refractivity contribution in [1.82, 2.24) is 0 Å². The Morgan fingerprint density at radius 2 is 2.26 bits per heavy atom. The first-order valence-electron chi connectivity index (χ1n) is 6.61. The number of anilines is 2. The fourth-order valence-electron chi connectivity index (χ4n) is 2.17. The van der Waals surface area contributed by atoms with Crippen molar-refractivity contribution < 1.29 is 14.3 Å². The average molecular weight is 264 g/mol. The van der Waals surface area contributed by atoms with Crippen LogP contribution in [0, 0.1) is 0 Å². The van der Waals surface area contributed by atoms with E-state index in [-0.39, 0.29) is 5.97 Å². The second-order valence-corrected chi connectivity index (χ2v) is 4.45. The number of nitrogens with zero attached hydrogens (tertiary/aromatic N) is 1. The number of ether oxygens (including phenoxy) is 2. The third-order valence-corrected chi connectivity index (χ3v) is 3.10. The second kappa shape index (κ2) is 6.43. The van der Waals surface area contributed by atoms with Crippen molar-refractivity contribution in [1.29, 1.82) is 0 Å². The minimum atomic E-state index is -0.333. The topological polar surface area (TPSA) is 64.8 Å². The molecule has 1 heterocycles. The molecule has 1 aromatic rings. The Kier molecular flexibility index (Phi) is 4.63. The van der Waals surface area contributed by atoms with Crippen LogP contribution in [-0.2, 0) is 9.47 Å². The maximum Gasteiger partial charge on any atom is 0.338 e. The van der Waals surface area contributed by atoms with E-state index in [2.05, 4.69) is 4.90 Å². The quantitative estimate of drug-likeness (QED) is 0.664. The van der Waals surface area contributed by atoms with Gasteiger partial charge >= 0.3 is 5.97 Å². The molecule has 0 unspecified atom stereocenters. The molecule has 0 spiro atoms. The van der Waals surface area contributed by atoms with Crippen LogP contribution in [-0.4, -0.2) is 38.9 Å². The highest BCUT2D eigenvalue weighted by Gasteiger charge is 2.15. The van der Waals surface area contributed by atoms with Crippen LogP contribution in [0.2, 0.25) is 0 Å². The normalized spacial score (nSPS) is 15.9. The third-order valence-electron chi connectivity index (χ3n) is 3.10. The van der Waals surface area contributed by atoms with Gasteiger partial charge in [0.05, 0.1) is 30.2 Å². The molecule has 0 aromatic heterocycles. The van der Waals surface area contributed by atoms with Crippen molar-refractivity contribution in [3.05, 3.63) is 23.8 Å².